The van der Waals surface area contributed by atoms with E-state index in [1.807, 2.05) is 6.92 Å². The summed E-state index contributed by atoms with van der Waals surface area (Å²) < 4.78 is 0. The first-order valence-corrected chi connectivity index (χ1v) is 6.24. The van der Waals surface area contributed by atoms with E-state index >= 15 is 0 Å². The van der Waals surface area contributed by atoms with E-state index in [1.54, 1.807) is 6.20 Å². The molecule has 3 nitrogen and oxygen atoms in total. The van der Waals surface area contributed by atoms with Crippen molar-refractivity contribution in [3.8, 4) is 0 Å². The third kappa shape index (κ3) is 2.65. The van der Waals surface area contributed by atoms with Crippen molar-refractivity contribution in [2.24, 2.45) is 0 Å². The minimum atomic E-state index is 0.788. The van der Waals surface area contributed by atoms with Crippen LogP contribution in [0.3, 0.4) is 0 Å². The lowest BCUT2D eigenvalue weighted by Gasteiger charge is -2.26. The number of hydrogen-bond donors (Lipinski definition) is 1. The first-order valence-electron chi connectivity index (χ1n) is 6.24. The second-order valence-electron chi connectivity index (χ2n) is 4.65. The fourth-order valence-electron chi connectivity index (χ4n) is 2.20. The van der Waals surface area contributed by atoms with Crippen molar-refractivity contribution in [3.63, 3.8) is 0 Å². The van der Waals surface area contributed by atoms with Crippen molar-refractivity contribution in [1.82, 2.24) is 4.98 Å². The zero-order valence-electron chi connectivity index (χ0n) is 10.1. The summed E-state index contributed by atoms with van der Waals surface area (Å²) in [5.41, 5.74) is 7.71. The standard InChI is InChI=1S/C13H21N3/c1-11-9-13(15-10-12(11)14)16-7-5-3-2-4-6-8-16/h9-10H,2-8,14H2,1H3. The Bertz CT molecular complexity index is 341. The summed E-state index contributed by atoms with van der Waals surface area (Å²) in [6, 6.07) is 2.11. The number of aryl methyl sites for hydroxylation is 1. The van der Waals surface area contributed by atoms with Gasteiger partial charge in [0.15, 0.2) is 0 Å². The van der Waals surface area contributed by atoms with E-state index in [9.17, 15) is 0 Å². The van der Waals surface area contributed by atoms with Crippen LogP contribution in [0.5, 0.6) is 0 Å². The number of nitrogen functional groups attached to an aromatic ring is 1. The number of anilines is 2. The second kappa shape index (κ2) is 5.19. The van der Waals surface area contributed by atoms with E-state index in [-0.39, 0.29) is 0 Å². The lowest BCUT2D eigenvalue weighted by atomic mass is 10.1. The van der Waals surface area contributed by atoms with Crippen LogP contribution in [0.1, 0.15) is 37.7 Å². The highest BCUT2D eigenvalue weighted by molar-refractivity contribution is 5.52. The summed E-state index contributed by atoms with van der Waals surface area (Å²) in [5.74, 6) is 1.09. The Labute approximate surface area is 97.7 Å². The Balaban J connectivity index is 2.11. The fraction of sp³-hybridized carbons (Fsp3) is 0.615. The first kappa shape index (κ1) is 11.2. The molecule has 3 heteroatoms. The Hall–Kier alpha value is -1.25. The maximum atomic E-state index is 5.79. The number of pyridine rings is 1. The molecule has 0 saturated carbocycles. The normalized spacial score (nSPS) is 17.9. The van der Waals surface area contributed by atoms with Crippen molar-refractivity contribution in [2.75, 3.05) is 23.7 Å². The van der Waals surface area contributed by atoms with Gasteiger partial charge in [-0.25, -0.2) is 4.98 Å². The second-order valence-corrected chi connectivity index (χ2v) is 4.65. The van der Waals surface area contributed by atoms with Gasteiger partial charge in [-0.2, -0.15) is 0 Å². The molecule has 1 saturated heterocycles. The van der Waals surface area contributed by atoms with Crippen LogP contribution in [0.4, 0.5) is 11.5 Å². The van der Waals surface area contributed by atoms with Crippen LogP contribution in [0.25, 0.3) is 0 Å². The molecule has 0 unspecified atom stereocenters. The minimum absolute atomic E-state index is 0.788. The maximum absolute atomic E-state index is 5.79. The minimum Gasteiger partial charge on any atom is -0.397 e. The fourth-order valence-corrected chi connectivity index (χ4v) is 2.20. The third-order valence-electron chi connectivity index (χ3n) is 3.32. The molecule has 0 atom stereocenters. The molecule has 0 aromatic carbocycles. The van der Waals surface area contributed by atoms with Crippen molar-refractivity contribution >= 4 is 11.5 Å². The van der Waals surface area contributed by atoms with Gasteiger partial charge in [0.1, 0.15) is 5.82 Å². The van der Waals surface area contributed by atoms with Gasteiger partial charge in [0, 0.05) is 13.1 Å². The lowest BCUT2D eigenvalue weighted by Crippen LogP contribution is -2.27. The van der Waals surface area contributed by atoms with Crippen LogP contribution in [0, 0.1) is 6.92 Å². The zero-order chi connectivity index (χ0) is 11.4. The summed E-state index contributed by atoms with van der Waals surface area (Å²) in [6.07, 6.45) is 8.44. The van der Waals surface area contributed by atoms with E-state index < -0.39 is 0 Å². The number of hydrogen-bond acceptors (Lipinski definition) is 3. The Kier molecular flexibility index (Phi) is 3.65. The molecule has 1 aromatic rings. The van der Waals surface area contributed by atoms with Crippen LogP contribution >= 0.6 is 0 Å². The van der Waals surface area contributed by atoms with Crippen LogP contribution in [0.2, 0.25) is 0 Å². The predicted molar refractivity (Wildman–Crippen MR) is 68.7 cm³/mol. The van der Waals surface area contributed by atoms with E-state index in [0.717, 1.165) is 30.2 Å². The van der Waals surface area contributed by atoms with Crippen molar-refractivity contribution in [3.05, 3.63) is 17.8 Å². The summed E-state index contributed by atoms with van der Waals surface area (Å²) in [5, 5.41) is 0. The molecule has 0 radical (unpaired) electrons. The molecule has 2 heterocycles. The van der Waals surface area contributed by atoms with E-state index in [1.165, 1.54) is 32.1 Å². The van der Waals surface area contributed by atoms with Crippen LogP contribution in [-0.2, 0) is 0 Å². The topological polar surface area (TPSA) is 42.2 Å². The molecule has 1 aromatic heterocycles. The Morgan fingerprint density at radius 3 is 2.38 bits per heavy atom. The van der Waals surface area contributed by atoms with Gasteiger partial charge >= 0.3 is 0 Å². The quantitative estimate of drug-likeness (QED) is 0.789. The molecule has 0 spiro atoms. The lowest BCUT2D eigenvalue weighted by molar-refractivity contribution is 0.554. The Morgan fingerprint density at radius 1 is 1.12 bits per heavy atom. The molecule has 0 amide bonds. The third-order valence-corrected chi connectivity index (χ3v) is 3.32. The van der Waals surface area contributed by atoms with E-state index in [0.29, 0.717) is 0 Å². The maximum Gasteiger partial charge on any atom is 0.128 e. The summed E-state index contributed by atoms with van der Waals surface area (Å²) in [4.78, 5) is 6.83. The van der Waals surface area contributed by atoms with Gasteiger partial charge in [-0.3, -0.25) is 0 Å². The number of rotatable bonds is 1. The average Bonchev–Trinajstić information content (AvgIpc) is 2.22. The van der Waals surface area contributed by atoms with Gasteiger partial charge in [0.2, 0.25) is 0 Å². The molecular formula is C13H21N3. The summed E-state index contributed by atoms with van der Waals surface area (Å²) in [7, 11) is 0. The smallest absolute Gasteiger partial charge is 0.128 e. The zero-order valence-corrected chi connectivity index (χ0v) is 10.1. The summed E-state index contributed by atoms with van der Waals surface area (Å²) in [6.45, 7) is 4.32. The molecular weight excluding hydrogens is 198 g/mol. The van der Waals surface area contributed by atoms with Gasteiger partial charge in [-0.15, -0.1) is 0 Å². The molecule has 1 aliphatic rings. The highest BCUT2D eigenvalue weighted by Gasteiger charge is 2.10. The number of nitrogens with two attached hydrogens (primary N) is 1. The van der Waals surface area contributed by atoms with E-state index in [2.05, 4.69) is 16.0 Å². The largest absolute Gasteiger partial charge is 0.397 e. The van der Waals surface area contributed by atoms with E-state index in [4.69, 9.17) is 5.73 Å². The average molecular weight is 219 g/mol. The number of aromatic nitrogens is 1. The Morgan fingerprint density at radius 2 is 1.75 bits per heavy atom. The van der Waals surface area contributed by atoms with Gasteiger partial charge in [0.25, 0.3) is 0 Å². The van der Waals surface area contributed by atoms with Crippen molar-refractivity contribution < 1.29 is 0 Å². The van der Waals surface area contributed by atoms with Crippen LogP contribution < -0.4 is 10.6 Å². The molecule has 2 N–H and O–H groups in total. The molecule has 1 aliphatic heterocycles. The highest BCUT2D eigenvalue weighted by Crippen LogP contribution is 2.20. The van der Waals surface area contributed by atoms with Crippen LogP contribution in [0.15, 0.2) is 12.3 Å². The predicted octanol–water partition coefficient (Wildman–Crippen LogP) is 2.74. The van der Waals surface area contributed by atoms with Crippen molar-refractivity contribution in [2.45, 2.75) is 39.0 Å². The van der Waals surface area contributed by atoms with Gasteiger partial charge < -0.3 is 10.6 Å². The molecule has 88 valence electrons. The monoisotopic (exact) mass is 219 g/mol. The van der Waals surface area contributed by atoms with Crippen molar-refractivity contribution in [1.29, 1.82) is 0 Å². The van der Waals surface area contributed by atoms with Gasteiger partial charge in [-0.1, -0.05) is 19.3 Å². The molecule has 1 fully saturated rings. The molecule has 2 rings (SSSR count). The molecule has 16 heavy (non-hydrogen) atoms. The number of nitrogens with zero attached hydrogens (tertiary/aromatic N) is 2. The summed E-state index contributed by atoms with van der Waals surface area (Å²) >= 11 is 0. The first-order chi connectivity index (χ1) is 7.77. The molecule has 0 aliphatic carbocycles. The van der Waals surface area contributed by atoms with Gasteiger partial charge in [0.05, 0.1) is 11.9 Å². The van der Waals surface area contributed by atoms with Crippen LogP contribution in [-0.4, -0.2) is 18.1 Å². The van der Waals surface area contributed by atoms with Gasteiger partial charge in [-0.05, 0) is 31.4 Å². The SMILES string of the molecule is Cc1cc(N2CCCCCCC2)ncc1N. The molecule has 0 bridgehead atoms. The highest BCUT2D eigenvalue weighted by atomic mass is 15.2.